The second kappa shape index (κ2) is 53.1. The molecule has 5 fully saturated rings. The summed E-state index contributed by atoms with van der Waals surface area (Å²) in [6.45, 7) is 13.6. The Balaban J connectivity index is 0.000000176. The highest BCUT2D eigenvalue weighted by Crippen LogP contribution is 2.43. The largest absolute Gasteiger partial charge is 0.492 e. The van der Waals surface area contributed by atoms with Gasteiger partial charge in [0.15, 0.2) is 58.0 Å². The summed E-state index contributed by atoms with van der Waals surface area (Å²) < 4.78 is 133. The van der Waals surface area contributed by atoms with Gasteiger partial charge in [0, 0.05) is 141 Å². The molecule has 11 aromatic carbocycles. The lowest BCUT2D eigenvalue weighted by Gasteiger charge is -2.26. The molecule has 0 aromatic heterocycles. The van der Waals surface area contributed by atoms with Crippen LogP contribution in [0.4, 0.5) is 56.6 Å². The van der Waals surface area contributed by atoms with Crippen molar-refractivity contribution in [3.8, 4) is 5.75 Å². The molecule has 11 aromatic rings. The van der Waals surface area contributed by atoms with Crippen LogP contribution < -0.4 is 26.0 Å². The summed E-state index contributed by atoms with van der Waals surface area (Å²) >= 11 is 18.7. The molecule has 0 spiro atoms. The van der Waals surface area contributed by atoms with Crippen molar-refractivity contribution in [2.75, 3.05) is 110 Å². The molecule has 3 unspecified atom stereocenters. The van der Waals surface area contributed by atoms with Gasteiger partial charge in [-0.25, -0.2) is 39.5 Å². The molecule has 5 aliphatic rings. The maximum atomic E-state index is 13.9. The van der Waals surface area contributed by atoms with E-state index in [0.717, 1.165) is 108 Å². The van der Waals surface area contributed by atoms with Gasteiger partial charge in [0.25, 0.3) is 0 Å². The summed E-state index contributed by atoms with van der Waals surface area (Å²) in [6.07, 6.45) is 16.7. The molecule has 3 atom stereocenters. The van der Waals surface area contributed by atoms with Crippen LogP contribution in [0, 0.1) is 86.0 Å². The number of hydrogen-bond acceptors (Lipinski definition) is 13. The van der Waals surface area contributed by atoms with Crippen molar-refractivity contribution in [2.45, 2.75) is 98.3 Å². The van der Waals surface area contributed by atoms with Crippen LogP contribution in [0.3, 0.4) is 0 Å². The minimum atomic E-state index is -1.03. The molecule has 3 saturated carbocycles. The third-order valence-corrected chi connectivity index (χ3v) is 25.6. The number of morpholine rings is 1. The van der Waals surface area contributed by atoms with Gasteiger partial charge in [0.05, 0.1) is 13.2 Å². The van der Waals surface area contributed by atoms with Crippen molar-refractivity contribution >= 4 is 141 Å². The minimum absolute atomic E-state index is 0. The second-order valence-electron chi connectivity index (χ2n) is 37.2. The predicted molar refractivity (Wildman–Crippen MR) is 570 cm³/mol. The average Bonchev–Trinajstić information content (AvgIpc) is 0.803. The zero-order valence-corrected chi connectivity index (χ0v) is 84.2. The molecule has 0 bridgehead atoms. The molecule has 0 radical (unpaired) electrons. The molecule has 3 amide bonds. The first-order valence-electron chi connectivity index (χ1n) is 47.7. The fraction of sp³-hybridized carbons (Fsp3) is 0.252. The number of benzene rings is 11. The van der Waals surface area contributed by atoms with E-state index in [4.69, 9.17) is 44.3 Å². The molecule has 2 saturated heterocycles. The third kappa shape index (κ3) is 33.1. The molecule has 3 aliphatic carbocycles. The Morgan fingerprint density at radius 2 is 0.687 bits per heavy atom. The summed E-state index contributed by atoms with van der Waals surface area (Å²) in [6, 6.07) is 57.8. The zero-order chi connectivity index (χ0) is 105. The van der Waals surface area contributed by atoms with Crippen LogP contribution in [0.2, 0.25) is 15.1 Å². The van der Waals surface area contributed by atoms with Crippen molar-refractivity contribution in [3.05, 3.63) is 408 Å². The van der Waals surface area contributed by atoms with Gasteiger partial charge in [-0.2, -0.15) is 0 Å². The third-order valence-electron chi connectivity index (χ3n) is 25.0. The molecular weight excluding hydrogens is 1950 g/mol. The number of halogens is 12. The van der Waals surface area contributed by atoms with Crippen LogP contribution in [0.5, 0.6) is 5.75 Å². The smallest absolute Gasteiger partial charge is 0.228 e. The lowest BCUT2D eigenvalue weighted by molar-refractivity contribution is -0.121. The predicted octanol–water partition coefficient (Wildman–Crippen LogP) is 26.3. The van der Waals surface area contributed by atoms with Gasteiger partial charge >= 0.3 is 0 Å². The number of aryl methyl sites for hydroxylation is 4. The lowest BCUT2D eigenvalue weighted by Crippen LogP contribution is -2.38. The van der Waals surface area contributed by atoms with Crippen LogP contribution >= 0.6 is 34.8 Å². The van der Waals surface area contributed by atoms with Gasteiger partial charge in [0.2, 0.25) is 17.7 Å². The summed E-state index contributed by atoms with van der Waals surface area (Å²) in [5.41, 5.74) is 15.5. The lowest BCUT2D eigenvalue weighted by atomic mass is 9.76. The molecule has 16 nitrogen and oxygen atoms in total. The number of Topliss-reactive ketones (excluding diaryl/α,β-unsaturated/α-hetero) is 4. The fourth-order valence-electron chi connectivity index (χ4n) is 17.3. The fourth-order valence-corrected chi connectivity index (χ4v) is 18.1. The Kier molecular flexibility index (Phi) is 40.4. The number of piperidine rings is 1. The summed E-state index contributed by atoms with van der Waals surface area (Å²) in [5, 5.41) is 13.6. The zero-order valence-electron chi connectivity index (χ0n) is 81.9. The van der Waals surface area contributed by atoms with Gasteiger partial charge in [-0.3, -0.25) is 38.5 Å². The van der Waals surface area contributed by atoms with Crippen molar-refractivity contribution in [2.24, 2.45) is 5.92 Å². The number of hydrogen-bond donors (Lipinski definition) is 4. The maximum absolute atomic E-state index is 13.9. The molecular formula is C119H115Cl3F9N7O9. The minimum Gasteiger partial charge on any atom is -0.492 e. The van der Waals surface area contributed by atoms with Crippen LogP contribution in [-0.4, -0.2) is 149 Å². The Bertz CT molecular complexity index is 6640. The highest BCUT2D eigenvalue weighted by atomic mass is 35.5. The number of ketones is 4. The Morgan fingerprint density at radius 3 is 1.04 bits per heavy atom. The van der Waals surface area contributed by atoms with E-state index in [1.807, 2.05) is 124 Å². The van der Waals surface area contributed by atoms with Crippen LogP contribution in [0.15, 0.2) is 263 Å². The van der Waals surface area contributed by atoms with E-state index in [2.05, 4.69) is 26.2 Å². The Hall–Kier alpha value is -13.7. The van der Waals surface area contributed by atoms with E-state index in [-0.39, 0.29) is 90.4 Å². The number of carbonyl (C=O) groups excluding carboxylic acids is 7. The van der Waals surface area contributed by atoms with E-state index in [0.29, 0.717) is 193 Å². The summed E-state index contributed by atoms with van der Waals surface area (Å²) in [7, 11) is 7.70. The highest BCUT2D eigenvalue weighted by Gasteiger charge is 2.35. The Morgan fingerprint density at radius 1 is 0.374 bits per heavy atom. The number of anilines is 3. The summed E-state index contributed by atoms with van der Waals surface area (Å²) in [5.74, 6) is -7.73. The number of nitrogens with zero attached hydrogens (tertiary/aromatic N) is 3. The normalized spacial score (nSPS) is 18.2. The van der Waals surface area contributed by atoms with E-state index in [1.54, 1.807) is 130 Å². The molecule has 2 aliphatic heterocycles. The van der Waals surface area contributed by atoms with E-state index in [9.17, 15) is 73.1 Å². The first-order chi connectivity index (χ1) is 69.8. The molecule has 2 heterocycles. The summed E-state index contributed by atoms with van der Waals surface area (Å²) in [4.78, 5) is 97.3. The molecule has 764 valence electrons. The van der Waals surface area contributed by atoms with Crippen LogP contribution in [0.25, 0.3) is 48.6 Å². The van der Waals surface area contributed by atoms with Crippen molar-refractivity contribution in [1.82, 2.24) is 20.0 Å². The van der Waals surface area contributed by atoms with Crippen molar-refractivity contribution in [1.29, 1.82) is 0 Å². The number of allylic oxidation sites excluding steroid dienone is 6. The van der Waals surface area contributed by atoms with Crippen LogP contribution in [-0.2, 0) is 38.3 Å². The van der Waals surface area contributed by atoms with Gasteiger partial charge in [-0.15, -0.1) is 0 Å². The number of amides is 3. The number of rotatable bonds is 24. The SMILES string of the molecule is C.Cc1cc(/C=C2\CC(C(=O)Nc3ccc(OCCN4CCOCC4)cc3)C/C(=C\c3ccc(F)c(F)c3)C2=O)ccc1F.Cc1cc(/C=C2\CC(c3ccc(NC(=O)CCN(C)C)cc3)C/C(=C\c3ccc(F)c(F)c3)C2=O)ccc1F.Cc1cc(/C=C2\CNC/C(=C\c3ccc(F)c(F)c3)C2=O)ccc1F.Cc1cc(Cl)cc(/C=C2\CC(c3ccc(NC(=O)CCN(C)C)cc3)C/C(=C\c3cc(Cl)cc(Cl)c3)C2=O)c1. The van der Waals surface area contributed by atoms with Crippen molar-refractivity contribution in [3.63, 3.8) is 0 Å². The molecule has 16 rings (SSSR count). The highest BCUT2D eigenvalue weighted by molar-refractivity contribution is 6.35. The van der Waals surface area contributed by atoms with E-state index in [1.165, 1.54) is 42.5 Å². The Labute approximate surface area is 866 Å². The number of nitrogens with one attached hydrogen (secondary N) is 4. The van der Waals surface area contributed by atoms with Gasteiger partial charge < -0.3 is 40.5 Å². The maximum Gasteiger partial charge on any atom is 0.228 e. The van der Waals surface area contributed by atoms with E-state index < -0.39 is 40.8 Å². The second-order valence-corrected chi connectivity index (χ2v) is 38.5. The van der Waals surface area contributed by atoms with Gasteiger partial charge in [-0.1, -0.05) is 109 Å². The van der Waals surface area contributed by atoms with Crippen LogP contribution in [0.1, 0.15) is 149 Å². The van der Waals surface area contributed by atoms with Gasteiger partial charge in [-0.05, 0) is 384 Å². The first-order valence-corrected chi connectivity index (χ1v) is 48.8. The monoisotopic (exact) mass is 2060 g/mol. The molecule has 147 heavy (non-hydrogen) atoms. The van der Waals surface area contributed by atoms with Crippen molar-refractivity contribution < 1.29 is 82.5 Å². The number of carbonyl (C=O) groups is 7. The standard InChI is InChI=1S/C34H33F3N2O4.C32H31Cl3N2O2.C32H31F3N2O2.C20H16F3NO.CH4/c1-22-16-23(2-8-30(22)35)17-25-20-27(21-26(33(25)40)18-24-3-9-31(36)32(37)19-24)34(41)38-28-4-6-29(7-5-28)43-15-12-39-10-13-42-14-11-39;1-20-10-21(14-27(33)11-20)12-25-17-24(18-26(32(25)39)13-22-15-28(34)19-29(35)16-22)23-4-6-30(7-5-23)36-31(38)8-9-37(2)3;1-20-14-21(4-10-28(20)33)15-25-18-24(19-26(32(25)39)16-22-5-11-29(34)30(35)17-22)23-6-8-27(9-7-23)36-31(38)12-13-37(2)3;1-12-6-13(2-4-17(12)21)7-15-10-24-11-16(20(15)25)8-14-3-5-18(22)19(23)9-14;/h2-9,16-19,27H,10-15,20-21H2,1H3,(H,38,41);4-7,10-16,19,24H,8-9,17-18H2,1-3H3,(H,36,38);4-11,14-17,24H,12-13,18-19H2,1-3H3,(H,36,38);2-9,24H,10-11H2,1H3;1H4/b25-17+,26-18+;25-12+,26-13+;25-15+,26-16+;15-7+,16-8+;. The quantitative estimate of drug-likeness (QED) is 0.0330. The first kappa shape index (κ1) is 112. The molecule has 4 N–H and O–H groups in total. The average molecular weight is 2060 g/mol. The number of ether oxygens (including phenoxy) is 2. The van der Waals surface area contributed by atoms with Gasteiger partial charge in [0.1, 0.15) is 29.8 Å². The topological polar surface area (TPSA) is 196 Å². The van der Waals surface area contributed by atoms with E-state index >= 15 is 0 Å². The molecule has 28 heteroatoms.